The van der Waals surface area contributed by atoms with E-state index in [-0.39, 0.29) is 5.91 Å². The lowest BCUT2D eigenvalue weighted by atomic mass is 10.1. The van der Waals surface area contributed by atoms with Crippen LogP contribution in [0.1, 0.15) is 12.5 Å². The van der Waals surface area contributed by atoms with Gasteiger partial charge in [-0.05, 0) is 24.1 Å². The molecule has 2 amide bonds. The van der Waals surface area contributed by atoms with Gasteiger partial charge in [0.1, 0.15) is 0 Å². The zero-order chi connectivity index (χ0) is 17.2. The fourth-order valence-corrected chi connectivity index (χ4v) is 2.09. The van der Waals surface area contributed by atoms with Crippen LogP contribution >= 0.6 is 0 Å². The molecular weight excluding hydrogens is 300 g/mol. The highest BCUT2D eigenvalue weighted by molar-refractivity contribution is 5.73. The Kier molecular flexibility index (Phi) is 7.73. The zero-order valence-corrected chi connectivity index (χ0v) is 14.0. The van der Waals surface area contributed by atoms with Crippen LogP contribution in [-0.4, -0.2) is 57.9 Å². The third-order valence-corrected chi connectivity index (χ3v) is 3.40. The Morgan fingerprint density at radius 2 is 1.78 bits per heavy atom. The number of rotatable bonds is 8. The number of carbonyl (C=O) groups excluding carboxylic acids is 2. The molecule has 7 nitrogen and oxygen atoms in total. The van der Waals surface area contributed by atoms with E-state index in [2.05, 4.69) is 10.1 Å². The molecule has 1 aromatic rings. The van der Waals surface area contributed by atoms with Gasteiger partial charge >= 0.3 is 6.09 Å². The van der Waals surface area contributed by atoms with E-state index >= 15 is 0 Å². The molecule has 1 aromatic carbocycles. The third kappa shape index (κ3) is 6.06. The van der Waals surface area contributed by atoms with Crippen molar-refractivity contribution in [2.24, 2.45) is 0 Å². The largest absolute Gasteiger partial charge is 0.493 e. The molecule has 0 atom stereocenters. The average molecular weight is 324 g/mol. The van der Waals surface area contributed by atoms with Crippen molar-refractivity contribution in [3.63, 3.8) is 0 Å². The summed E-state index contributed by atoms with van der Waals surface area (Å²) in [7, 11) is 4.47. The van der Waals surface area contributed by atoms with Gasteiger partial charge in [-0.2, -0.15) is 0 Å². The zero-order valence-electron chi connectivity index (χ0n) is 14.0. The van der Waals surface area contributed by atoms with Crippen molar-refractivity contribution in [1.29, 1.82) is 0 Å². The number of hydrogen-bond donors (Lipinski definition) is 1. The molecule has 0 heterocycles. The monoisotopic (exact) mass is 324 g/mol. The Morgan fingerprint density at radius 1 is 1.09 bits per heavy atom. The van der Waals surface area contributed by atoms with Gasteiger partial charge in [-0.1, -0.05) is 6.07 Å². The van der Waals surface area contributed by atoms with Crippen LogP contribution in [0.25, 0.3) is 0 Å². The van der Waals surface area contributed by atoms with E-state index in [1.807, 2.05) is 18.2 Å². The summed E-state index contributed by atoms with van der Waals surface area (Å²) in [6, 6.07) is 5.67. The molecule has 0 saturated heterocycles. The Hall–Kier alpha value is -2.44. The van der Waals surface area contributed by atoms with Crippen molar-refractivity contribution >= 4 is 12.0 Å². The molecule has 0 aromatic heterocycles. The van der Waals surface area contributed by atoms with Gasteiger partial charge in [-0.25, -0.2) is 4.79 Å². The third-order valence-electron chi connectivity index (χ3n) is 3.40. The maximum absolute atomic E-state index is 11.7. The molecule has 0 spiro atoms. The van der Waals surface area contributed by atoms with Crippen molar-refractivity contribution in [1.82, 2.24) is 10.2 Å². The van der Waals surface area contributed by atoms with Gasteiger partial charge in [0.05, 0.1) is 21.3 Å². The SMILES string of the molecule is COC(=O)NCCN(CCc1ccc(OC)c(OC)c1)C(C)=O. The lowest BCUT2D eigenvalue weighted by Gasteiger charge is -2.21. The van der Waals surface area contributed by atoms with E-state index in [0.29, 0.717) is 37.6 Å². The van der Waals surface area contributed by atoms with Crippen molar-refractivity contribution in [3.8, 4) is 11.5 Å². The molecule has 0 aliphatic rings. The quantitative estimate of drug-likeness (QED) is 0.783. The lowest BCUT2D eigenvalue weighted by molar-refractivity contribution is -0.128. The van der Waals surface area contributed by atoms with Gasteiger partial charge in [-0.3, -0.25) is 4.79 Å². The predicted octanol–water partition coefficient (Wildman–Crippen LogP) is 1.45. The fourth-order valence-electron chi connectivity index (χ4n) is 2.09. The van der Waals surface area contributed by atoms with E-state index in [1.165, 1.54) is 14.0 Å². The highest BCUT2D eigenvalue weighted by Gasteiger charge is 2.11. The molecule has 1 N–H and O–H groups in total. The maximum atomic E-state index is 11.7. The first-order valence-electron chi connectivity index (χ1n) is 7.30. The second-order valence-corrected chi connectivity index (χ2v) is 4.86. The van der Waals surface area contributed by atoms with Crippen LogP contribution in [0.2, 0.25) is 0 Å². The summed E-state index contributed by atoms with van der Waals surface area (Å²) in [5.41, 5.74) is 1.04. The van der Waals surface area contributed by atoms with Gasteiger partial charge in [0.2, 0.25) is 5.91 Å². The first kappa shape index (κ1) is 18.6. The first-order valence-corrected chi connectivity index (χ1v) is 7.30. The standard InChI is InChI=1S/C16H24N2O5/c1-12(19)18(10-8-17-16(20)23-4)9-7-13-5-6-14(21-2)15(11-13)22-3/h5-6,11H,7-10H2,1-4H3,(H,17,20). The van der Waals surface area contributed by atoms with Gasteiger partial charge in [-0.15, -0.1) is 0 Å². The number of nitrogens with zero attached hydrogens (tertiary/aromatic N) is 1. The molecular formula is C16H24N2O5. The van der Waals surface area contributed by atoms with Crippen molar-refractivity contribution < 1.29 is 23.8 Å². The van der Waals surface area contributed by atoms with Gasteiger partial charge in [0, 0.05) is 26.6 Å². The second kappa shape index (κ2) is 9.55. The Labute approximate surface area is 136 Å². The van der Waals surface area contributed by atoms with E-state index in [1.54, 1.807) is 19.1 Å². The van der Waals surface area contributed by atoms with Gasteiger partial charge < -0.3 is 24.4 Å². The number of benzene rings is 1. The van der Waals surface area contributed by atoms with Crippen LogP contribution in [0, 0.1) is 0 Å². The van der Waals surface area contributed by atoms with Crippen LogP contribution in [0.5, 0.6) is 11.5 Å². The smallest absolute Gasteiger partial charge is 0.406 e. The number of methoxy groups -OCH3 is 3. The van der Waals surface area contributed by atoms with E-state index < -0.39 is 6.09 Å². The molecule has 23 heavy (non-hydrogen) atoms. The number of alkyl carbamates (subject to hydrolysis) is 1. The topological polar surface area (TPSA) is 77.1 Å². The van der Waals surface area contributed by atoms with Gasteiger partial charge in [0.15, 0.2) is 11.5 Å². The minimum Gasteiger partial charge on any atom is -0.493 e. The summed E-state index contributed by atoms with van der Waals surface area (Å²) < 4.78 is 15.0. The predicted molar refractivity (Wildman–Crippen MR) is 85.9 cm³/mol. The highest BCUT2D eigenvalue weighted by atomic mass is 16.5. The molecule has 7 heteroatoms. The Morgan fingerprint density at radius 3 is 2.35 bits per heavy atom. The molecule has 0 aliphatic heterocycles. The number of amides is 2. The van der Waals surface area contributed by atoms with Crippen molar-refractivity contribution in [2.75, 3.05) is 41.0 Å². The number of carbonyl (C=O) groups is 2. The normalized spacial score (nSPS) is 9.91. The second-order valence-electron chi connectivity index (χ2n) is 4.86. The van der Waals surface area contributed by atoms with Gasteiger partial charge in [0.25, 0.3) is 0 Å². The summed E-state index contributed by atoms with van der Waals surface area (Å²) in [4.78, 5) is 24.4. The summed E-state index contributed by atoms with van der Waals surface area (Å²) in [6.07, 6.45) is 0.173. The molecule has 0 aliphatic carbocycles. The fraction of sp³-hybridized carbons (Fsp3) is 0.500. The van der Waals surface area contributed by atoms with Crippen molar-refractivity contribution in [3.05, 3.63) is 23.8 Å². The van der Waals surface area contributed by atoms with E-state index in [9.17, 15) is 9.59 Å². The maximum Gasteiger partial charge on any atom is 0.406 e. The molecule has 0 saturated carbocycles. The number of nitrogens with one attached hydrogen (secondary N) is 1. The van der Waals surface area contributed by atoms with E-state index in [4.69, 9.17) is 9.47 Å². The minimum absolute atomic E-state index is 0.0443. The molecule has 1 rings (SSSR count). The van der Waals surface area contributed by atoms with Crippen LogP contribution in [0.15, 0.2) is 18.2 Å². The Bertz CT molecular complexity index is 533. The first-order chi connectivity index (χ1) is 11.0. The molecule has 0 radical (unpaired) electrons. The Balaban J connectivity index is 2.58. The average Bonchev–Trinajstić information content (AvgIpc) is 2.56. The highest BCUT2D eigenvalue weighted by Crippen LogP contribution is 2.27. The van der Waals surface area contributed by atoms with Crippen molar-refractivity contribution in [2.45, 2.75) is 13.3 Å². The lowest BCUT2D eigenvalue weighted by Crippen LogP contribution is -2.38. The summed E-state index contributed by atoms with van der Waals surface area (Å²) in [5, 5.41) is 2.56. The van der Waals surface area contributed by atoms with Crippen LogP contribution in [0.4, 0.5) is 4.79 Å². The minimum atomic E-state index is -0.506. The molecule has 0 unspecified atom stereocenters. The number of ether oxygens (including phenoxy) is 3. The molecule has 128 valence electrons. The molecule has 0 bridgehead atoms. The number of hydrogen-bond acceptors (Lipinski definition) is 5. The van der Waals surface area contributed by atoms with Crippen LogP contribution in [0.3, 0.4) is 0 Å². The summed E-state index contributed by atoms with van der Waals surface area (Å²) in [5.74, 6) is 1.28. The summed E-state index contributed by atoms with van der Waals surface area (Å²) >= 11 is 0. The van der Waals surface area contributed by atoms with Crippen LogP contribution < -0.4 is 14.8 Å². The van der Waals surface area contributed by atoms with E-state index in [0.717, 1.165) is 5.56 Å². The van der Waals surface area contributed by atoms with Crippen LogP contribution in [-0.2, 0) is 16.0 Å². The molecule has 0 fully saturated rings. The summed E-state index contributed by atoms with van der Waals surface area (Å²) in [6.45, 7) is 2.83.